The minimum Gasteiger partial charge on any atom is -0.494 e. The van der Waals surface area contributed by atoms with E-state index in [1.807, 2.05) is 26.1 Å². The SMILES string of the molecule is CCOc1ccc(C(C)Nc2ncnc3c2cnn3C)cc1. The lowest BCUT2D eigenvalue weighted by Crippen LogP contribution is -2.08. The van der Waals surface area contributed by atoms with Crippen molar-refractivity contribution >= 4 is 16.9 Å². The third-order valence-corrected chi connectivity index (χ3v) is 3.57. The Morgan fingerprint density at radius 2 is 2.00 bits per heavy atom. The third-order valence-electron chi connectivity index (χ3n) is 3.57. The van der Waals surface area contributed by atoms with Crippen molar-refractivity contribution in [1.29, 1.82) is 0 Å². The monoisotopic (exact) mass is 297 g/mol. The fourth-order valence-electron chi connectivity index (χ4n) is 2.38. The Balaban J connectivity index is 1.82. The summed E-state index contributed by atoms with van der Waals surface area (Å²) in [6.07, 6.45) is 3.33. The van der Waals surface area contributed by atoms with E-state index in [1.165, 1.54) is 5.56 Å². The predicted molar refractivity (Wildman–Crippen MR) is 86.0 cm³/mol. The maximum Gasteiger partial charge on any atom is 0.163 e. The van der Waals surface area contributed by atoms with Gasteiger partial charge in [0.05, 0.1) is 18.2 Å². The van der Waals surface area contributed by atoms with Gasteiger partial charge in [0.1, 0.15) is 17.9 Å². The molecule has 6 nitrogen and oxygen atoms in total. The number of fused-ring (bicyclic) bond motifs is 1. The first kappa shape index (κ1) is 14.3. The number of ether oxygens (including phenoxy) is 1. The van der Waals surface area contributed by atoms with Gasteiger partial charge >= 0.3 is 0 Å². The van der Waals surface area contributed by atoms with Gasteiger partial charge in [0, 0.05) is 13.1 Å². The van der Waals surface area contributed by atoms with E-state index in [-0.39, 0.29) is 6.04 Å². The molecule has 0 aliphatic rings. The summed E-state index contributed by atoms with van der Waals surface area (Å²) in [7, 11) is 1.87. The molecule has 0 aliphatic heterocycles. The minimum atomic E-state index is 0.119. The summed E-state index contributed by atoms with van der Waals surface area (Å²) in [5.41, 5.74) is 1.98. The fraction of sp³-hybridized carbons (Fsp3) is 0.312. The predicted octanol–water partition coefficient (Wildman–Crippen LogP) is 2.94. The second-order valence-electron chi connectivity index (χ2n) is 5.10. The van der Waals surface area contributed by atoms with Crippen LogP contribution in [-0.4, -0.2) is 26.4 Å². The van der Waals surface area contributed by atoms with E-state index in [2.05, 4.69) is 39.4 Å². The highest BCUT2D eigenvalue weighted by Gasteiger charge is 2.11. The number of hydrogen-bond donors (Lipinski definition) is 1. The van der Waals surface area contributed by atoms with E-state index >= 15 is 0 Å². The molecule has 1 atom stereocenters. The molecule has 114 valence electrons. The number of aryl methyl sites for hydroxylation is 1. The van der Waals surface area contributed by atoms with Gasteiger partial charge < -0.3 is 10.1 Å². The van der Waals surface area contributed by atoms with E-state index in [0.29, 0.717) is 6.61 Å². The smallest absolute Gasteiger partial charge is 0.163 e. The van der Waals surface area contributed by atoms with Crippen LogP contribution >= 0.6 is 0 Å². The van der Waals surface area contributed by atoms with Gasteiger partial charge in [-0.15, -0.1) is 0 Å². The second-order valence-corrected chi connectivity index (χ2v) is 5.10. The molecule has 0 saturated heterocycles. The van der Waals surface area contributed by atoms with Crippen LogP contribution in [0, 0.1) is 0 Å². The molecule has 2 aromatic heterocycles. The van der Waals surface area contributed by atoms with Gasteiger partial charge in [-0.05, 0) is 31.5 Å². The largest absolute Gasteiger partial charge is 0.494 e. The molecule has 3 rings (SSSR count). The van der Waals surface area contributed by atoms with E-state index in [4.69, 9.17) is 4.74 Å². The quantitative estimate of drug-likeness (QED) is 0.784. The van der Waals surface area contributed by atoms with Crippen molar-refractivity contribution in [3.63, 3.8) is 0 Å². The van der Waals surface area contributed by atoms with E-state index < -0.39 is 0 Å². The highest BCUT2D eigenvalue weighted by molar-refractivity contribution is 5.86. The van der Waals surface area contributed by atoms with Crippen LogP contribution in [0.4, 0.5) is 5.82 Å². The summed E-state index contributed by atoms with van der Waals surface area (Å²) in [6.45, 7) is 4.75. The Kier molecular flexibility index (Phi) is 3.91. The molecule has 0 spiro atoms. The first-order chi connectivity index (χ1) is 10.7. The highest BCUT2D eigenvalue weighted by atomic mass is 16.5. The van der Waals surface area contributed by atoms with Crippen LogP contribution < -0.4 is 10.1 Å². The zero-order valence-corrected chi connectivity index (χ0v) is 12.9. The van der Waals surface area contributed by atoms with Crippen molar-refractivity contribution in [2.45, 2.75) is 19.9 Å². The molecule has 2 heterocycles. The van der Waals surface area contributed by atoms with Gasteiger partial charge in [0.2, 0.25) is 0 Å². The van der Waals surface area contributed by atoms with Gasteiger partial charge in [-0.3, -0.25) is 4.68 Å². The summed E-state index contributed by atoms with van der Waals surface area (Å²) in [5.74, 6) is 1.68. The molecule has 3 aromatic rings. The summed E-state index contributed by atoms with van der Waals surface area (Å²) in [4.78, 5) is 8.58. The molecule has 22 heavy (non-hydrogen) atoms. The number of anilines is 1. The van der Waals surface area contributed by atoms with Crippen molar-refractivity contribution in [1.82, 2.24) is 19.7 Å². The number of benzene rings is 1. The first-order valence-corrected chi connectivity index (χ1v) is 7.31. The van der Waals surface area contributed by atoms with Crippen molar-refractivity contribution in [2.24, 2.45) is 7.05 Å². The zero-order valence-electron chi connectivity index (χ0n) is 12.9. The molecule has 0 bridgehead atoms. The Bertz CT molecular complexity index is 766. The van der Waals surface area contributed by atoms with Crippen LogP contribution in [0.2, 0.25) is 0 Å². The lowest BCUT2D eigenvalue weighted by Gasteiger charge is -2.15. The molecular weight excluding hydrogens is 278 g/mol. The van der Waals surface area contributed by atoms with Gasteiger partial charge in [0.15, 0.2) is 5.65 Å². The standard InChI is InChI=1S/C16H19N5O/c1-4-22-13-7-5-12(6-8-13)11(2)20-15-14-9-19-21(3)16(14)18-10-17-15/h5-11H,4H2,1-3H3,(H,17,18,20). The van der Waals surface area contributed by atoms with E-state index in [9.17, 15) is 0 Å². The molecule has 0 amide bonds. The molecule has 1 N–H and O–H groups in total. The van der Waals surface area contributed by atoms with Crippen molar-refractivity contribution < 1.29 is 4.74 Å². The van der Waals surface area contributed by atoms with Gasteiger partial charge in [0.25, 0.3) is 0 Å². The molecule has 0 aliphatic carbocycles. The van der Waals surface area contributed by atoms with Gasteiger partial charge in [-0.1, -0.05) is 12.1 Å². The van der Waals surface area contributed by atoms with Crippen LogP contribution in [-0.2, 0) is 7.05 Å². The van der Waals surface area contributed by atoms with Crippen LogP contribution in [0.15, 0.2) is 36.8 Å². The molecule has 0 saturated carbocycles. The number of hydrogen-bond acceptors (Lipinski definition) is 5. The lowest BCUT2D eigenvalue weighted by atomic mass is 10.1. The summed E-state index contributed by atoms with van der Waals surface area (Å²) in [6, 6.07) is 8.20. The number of rotatable bonds is 5. The maximum atomic E-state index is 5.47. The lowest BCUT2D eigenvalue weighted by molar-refractivity contribution is 0.340. The Morgan fingerprint density at radius 1 is 1.23 bits per heavy atom. The topological polar surface area (TPSA) is 64.9 Å². The molecule has 1 unspecified atom stereocenters. The zero-order chi connectivity index (χ0) is 15.5. The Hall–Kier alpha value is -2.63. The van der Waals surface area contributed by atoms with Crippen molar-refractivity contribution in [2.75, 3.05) is 11.9 Å². The van der Waals surface area contributed by atoms with Crippen LogP contribution in [0.5, 0.6) is 5.75 Å². The van der Waals surface area contributed by atoms with E-state index in [0.717, 1.165) is 22.6 Å². The molecule has 0 fully saturated rings. The first-order valence-electron chi connectivity index (χ1n) is 7.31. The van der Waals surface area contributed by atoms with Gasteiger partial charge in [-0.25, -0.2) is 9.97 Å². The molecule has 0 radical (unpaired) electrons. The van der Waals surface area contributed by atoms with Gasteiger partial charge in [-0.2, -0.15) is 5.10 Å². The number of nitrogens with zero attached hydrogens (tertiary/aromatic N) is 4. The van der Waals surface area contributed by atoms with Crippen molar-refractivity contribution in [3.8, 4) is 5.75 Å². The fourth-order valence-corrected chi connectivity index (χ4v) is 2.38. The summed E-state index contributed by atoms with van der Waals surface area (Å²) < 4.78 is 7.21. The van der Waals surface area contributed by atoms with Crippen molar-refractivity contribution in [3.05, 3.63) is 42.4 Å². The normalized spacial score (nSPS) is 12.3. The second kappa shape index (κ2) is 6.01. The van der Waals surface area contributed by atoms with Crippen LogP contribution in [0.3, 0.4) is 0 Å². The summed E-state index contributed by atoms with van der Waals surface area (Å²) >= 11 is 0. The number of nitrogens with one attached hydrogen (secondary N) is 1. The third kappa shape index (κ3) is 2.72. The Labute approximate surface area is 129 Å². The van der Waals surface area contributed by atoms with Crippen LogP contribution in [0.25, 0.3) is 11.0 Å². The van der Waals surface area contributed by atoms with E-state index in [1.54, 1.807) is 17.2 Å². The summed E-state index contributed by atoms with van der Waals surface area (Å²) in [5, 5.41) is 8.57. The number of aromatic nitrogens is 4. The van der Waals surface area contributed by atoms with Crippen LogP contribution in [0.1, 0.15) is 25.5 Å². The molecule has 1 aromatic carbocycles. The minimum absolute atomic E-state index is 0.119. The molecule has 6 heteroatoms. The average Bonchev–Trinajstić information content (AvgIpc) is 2.91. The Morgan fingerprint density at radius 3 is 2.73 bits per heavy atom. The molecular formula is C16H19N5O. The maximum absolute atomic E-state index is 5.47. The highest BCUT2D eigenvalue weighted by Crippen LogP contribution is 2.24. The average molecular weight is 297 g/mol.